The average Bonchev–Trinajstić information content (AvgIpc) is 3.72. The minimum Gasteiger partial charge on any atom is -0.456 e. The highest BCUT2D eigenvalue weighted by molar-refractivity contribution is 6.22. The summed E-state index contributed by atoms with van der Waals surface area (Å²) in [7, 11) is 0. The van der Waals surface area contributed by atoms with E-state index >= 15 is 0 Å². The van der Waals surface area contributed by atoms with Crippen LogP contribution in [0.25, 0.3) is 98.8 Å². The highest BCUT2D eigenvalue weighted by Gasteiger charge is 2.20. The van der Waals surface area contributed by atoms with Crippen LogP contribution in [0.5, 0.6) is 0 Å². The van der Waals surface area contributed by atoms with Crippen molar-refractivity contribution >= 4 is 71.3 Å². The Morgan fingerprint density at radius 1 is 0.258 bits per heavy atom. The fourth-order valence-corrected chi connectivity index (χ4v) is 9.57. The van der Waals surface area contributed by atoms with Crippen molar-refractivity contribution in [1.29, 1.82) is 0 Å². The molecule has 0 saturated heterocycles. The van der Waals surface area contributed by atoms with Crippen LogP contribution in [0.2, 0.25) is 0 Å². The summed E-state index contributed by atoms with van der Waals surface area (Å²) in [6.07, 6.45) is 0. The van der Waals surface area contributed by atoms with Crippen LogP contribution in [-0.2, 0) is 0 Å². The number of hydrogen-bond donors (Lipinski definition) is 0. The van der Waals surface area contributed by atoms with Crippen molar-refractivity contribution in [3.8, 4) is 44.5 Å². The van der Waals surface area contributed by atoms with Crippen LogP contribution in [0.3, 0.4) is 0 Å². The van der Waals surface area contributed by atoms with Crippen LogP contribution in [0.1, 0.15) is 0 Å². The first-order valence-electron chi connectivity index (χ1n) is 21.2. The molecule has 0 fully saturated rings. The van der Waals surface area contributed by atoms with E-state index in [-0.39, 0.29) is 0 Å². The van der Waals surface area contributed by atoms with Gasteiger partial charge < -0.3 is 9.32 Å². The molecule has 0 bridgehead atoms. The van der Waals surface area contributed by atoms with Gasteiger partial charge in [0.25, 0.3) is 0 Å². The predicted octanol–water partition coefficient (Wildman–Crippen LogP) is 17.2. The Hall–Kier alpha value is -8.20. The van der Waals surface area contributed by atoms with Gasteiger partial charge in [-0.25, -0.2) is 0 Å². The fourth-order valence-electron chi connectivity index (χ4n) is 9.57. The third-order valence-corrected chi connectivity index (χ3v) is 12.4. The molecule has 0 aliphatic heterocycles. The Labute approximate surface area is 360 Å². The zero-order valence-corrected chi connectivity index (χ0v) is 33.9. The first kappa shape index (κ1) is 35.7. The first-order valence-corrected chi connectivity index (χ1v) is 21.2. The summed E-state index contributed by atoms with van der Waals surface area (Å²) in [5.74, 6) is 0. The summed E-state index contributed by atoms with van der Waals surface area (Å²) in [4.78, 5) is 2.35. The molecule has 0 aliphatic carbocycles. The largest absolute Gasteiger partial charge is 0.456 e. The molecule has 62 heavy (non-hydrogen) atoms. The predicted molar refractivity (Wildman–Crippen MR) is 263 cm³/mol. The number of anilines is 3. The van der Waals surface area contributed by atoms with Gasteiger partial charge in [-0.3, -0.25) is 0 Å². The Bertz CT molecular complexity index is 3620. The number of para-hydroxylation sites is 1. The highest BCUT2D eigenvalue weighted by Crippen LogP contribution is 2.46. The van der Waals surface area contributed by atoms with Crippen molar-refractivity contribution in [3.05, 3.63) is 237 Å². The smallest absolute Gasteiger partial charge is 0.137 e. The lowest BCUT2D eigenvalue weighted by atomic mass is 9.84. The molecule has 0 atom stereocenters. The number of fused-ring (bicyclic) bond motifs is 7. The summed E-state index contributed by atoms with van der Waals surface area (Å²) >= 11 is 0. The van der Waals surface area contributed by atoms with Gasteiger partial charge in [-0.2, -0.15) is 0 Å². The van der Waals surface area contributed by atoms with Gasteiger partial charge in [-0.15, -0.1) is 0 Å². The maximum absolute atomic E-state index is 6.46. The number of nitrogens with zero attached hydrogens (tertiary/aromatic N) is 1. The standard InChI is InChI=1S/C60H39NO/c1-3-16-42(17-4-1)59-55-26-10-9-24-51(55)52-35-31-45(38-56(52)60(59)43-18-5-2-6-19-43)44-21-13-22-47(37-44)61(48-34-36-54-53-25-11-12-28-57(53)62-58(54)39-48)46-32-29-41(30-33-46)50-27-14-20-40-15-7-8-23-49(40)50/h1-39H. The van der Waals surface area contributed by atoms with Crippen LogP contribution in [0.4, 0.5) is 17.1 Å². The quantitative estimate of drug-likeness (QED) is 0.150. The highest BCUT2D eigenvalue weighted by atomic mass is 16.3. The maximum Gasteiger partial charge on any atom is 0.137 e. The number of benzene rings is 11. The van der Waals surface area contributed by atoms with E-state index in [1.165, 1.54) is 65.7 Å². The summed E-state index contributed by atoms with van der Waals surface area (Å²) in [6, 6.07) is 85.5. The van der Waals surface area contributed by atoms with E-state index in [0.717, 1.165) is 50.1 Å². The van der Waals surface area contributed by atoms with Crippen molar-refractivity contribution in [2.45, 2.75) is 0 Å². The molecule has 0 spiro atoms. The van der Waals surface area contributed by atoms with Gasteiger partial charge in [-0.1, -0.05) is 182 Å². The van der Waals surface area contributed by atoms with Gasteiger partial charge in [0, 0.05) is 33.9 Å². The molecule has 0 unspecified atom stereocenters. The summed E-state index contributed by atoms with van der Waals surface area (Å²) in [6.45, 7) is 0. The van der Waals surface area contributed by atoms with Gasteiger partial charge in [0.2, 0.25) is 0 Å². The molecule has 1 heterocycles. The van der Waals surface area contributed by atoms with E-state index in [2.05, 4.69) is 229 Å². The first-order chi connectivity index (χ1) is 30.7. The second-order valence-corrected chi connectivity index (χ2v) is 16.0. The lowest BCUT2D eigenvalue weighted by Crippen LogP contribution is -2.10. The molecule has 0 amide bonds. The van der Waals surface area contributed by atoms with E-state index in [0.29, 0.717) is 0 Å². The SMILES string of the molecule is c1ccc(-c2c(-c3ccccc3)c3cc(-c4cccc(N(c5ccc(-c6cccc7ccccc67)cc5)c5ccc6c(c5)oc5ccccc56)c4)ccc3c3ccccc23)cc1. The molecule has 11 aromatic carbocycles. The molecule has 0 N–H and O–H groups in total. The third-order valence-electron chi connectivity index (χ3n) is 12.4. The lowest BCUT2D eigenvalue weighted by Gasteiger charge is -2.26. The molecule has 12 rings (SSSR count). The van der Waals surface area contributed by atoms with E-state index in [1.54, 1.807) is 0 Å². The third kappa shape index (κ3) is 6.04. The molecular formula is C60H39NO. The summed E-state index contributed by atoms with van der Waals surface area (Å²) in [5.41, 5.74) is 14.5. The van der Waals surface area contributed by atoms with Gasteiger partial charge in [0.05, 0.1) is 0 Å². The Morgan fingerprint density at radius 2 is 0.774 bits per heavy atom. The molecule has 0 radical (unpaired) electrons. The molecule has 290 valence electrons. The molecule has 12 aromatic rings. The second-order valence-electron chi connectivity index (χ2n) is 16.0. The Morgan fingerprint density at radius 3 is 1.56 bits per heavy atom. The Kier molecular flexibility index (Phi) is 8.53. The van der Waals surface area contributed by atoms with Gasteiger partial charge >= 0.3 is 0 Å². The molecule has 2 nitrogen and oxygen atoms in total. The van der Waals surface area contributed by atoms with Crippen LogP contribution in [0, 0.1) is 0 Å². The molecule has 0 aliphatic rings. The molecule has 0 saturated carbocycles. The molecular weight excluding hydrogens is 751 g/mol. The molecule has 2 heteroatoms. The number of rotatable bonds is 7. The molecule has 1 aromatic heterocycles. The van der Waals surface area contributed by atoms with Crippen molar-refractivity contribution in [2.24, 2.45) is 0 Å². The maximum atomic E-state index is 6.46. The normalized spacial score (nSPS) is 11.5. The number of furan rings is 1. The van der Waals surface area contributed by atoms with Crippen molar-refractivity contribution in [3.63, 3.8) is 0 Å². The minimum atomic E-state index is 0.863. The summed E-state index contributed by atoms with van der Waals surface area (Å²) < 4.78 is 6.46. The van der Waals surface area contributed by atoms with Crippen molar-refractivity contribution < 1.29 is 4.42 Å². The van der Waals surface area contributed by atoms with Gasteiger partial charge in [-0.05, 0) is 125 Å². The van der Waals surface area contributed by atoms with Gasteiger partial charge in [0.1, 0.15) is 11.2 Å². The van der Waals surface area contributed by atoms with E-state index < -0.39 is 0 Å². The van der Waals surface area contributed by atoms with Crippen LogP contribution in [-0.4, -0.2) is 0 Å². The number of hydrogen-bond acceptors (Lipinski definition) is 2. The second kappa shape index (κ2) is 14.8. The zero-order chi connectivity index (χ0) is 41.0. The van der Waals surface area contributed by atoms with Crippen molar-refractivity contribution in [1.82, 2.24) is 0 Å². The lowest BCUT2D eigenvalue weighted by molar-refractivity contribution is 0.669. The van der Waals surface area contributed by atoms with E-state index in [1.807, 2.05) is 12.1 Å². The Balaban J connectivity index is 1.04. The topological polar surface area (TPSA) is 16.4 Å². The van der Waals surface area contributed by atoms with E-state index in [9.17, 15) is 0 Å². The van der Waals surface area contributed by atoms with Crippen LogP contribution >= 0.6 is 0 Å². The minimum absolute atomic E-state index is 0.863. The van der Waals surface area contributed by atoms with E-state index in [4.69, 9.17) is 4.42 Å². The van der Waals surface area contributed by atoms with Crippen molar-refractivity contribution in [2.75, 3.05) is 4.90 Å². The fraction of sp³-hybridized carbons (Fsp3) is 0. The monoisotopic (exact) mass is 789 g/mol. The van der Waals surface area contributed by atoms with Gasteiger partial charge in [0.15, 0.2) is 0 Å². The van der Waals surface area contributed by atoms with Crippen LogP contribution < -0.4 is 4.90 Å². The average molecular weight is 790 g/mol. The zero-order valence-electron chi connectivity index (χ0n) is 33.9. The van der Waals surface area contributed by atoms with Crippen LogP contribution in [0.15, 0.2) is 241 Å². The summed E-state index contributed by atoms with van der Waals surface area (Å²) in [5, 5.41) is 9.69.